The number of ether oxygens (including phenoxy) is 1. The van der Waals surface area contributed by atoms with Crippen LogP contribution in [0.5, 0.6) is 0 Å². The number of thiazole rings is 1. The number of hydrogen-bond acceptors (Lipinski definition) is 5. The highest BCUT2D eigenvalue weighted by molar-refractivity contribution is 7.16. The van der Waals surface area contributed by atoms with Crippen LogP contribution in [0.1, 0.15) is 29.3 Å². The average molecular weight is 394 g/mol. The number of carbonyl (C=O) groups is 2. The molecule has 1 amide bonds. The second-order valence-corrected chi connectivity index (χ2v) is 7.95. The average Bonchev–Trinajstić information content (AvgIpc) is 3.32. The van der Waals surface area contributed by atoms with E-state index in [4.69, 9.17) is 4.74 Å². The van der Waals surface area contributed by atoms with Gasteiger partial charge in [0.15, 0.2) is 0 Å². The van der Waals surface area contributed by atoms with Crippen molar-refractivity contribution in [3.63, 3.8) is 0 Å². The molecule has 3 aromatic rings. The van der Waals surface area contributed by atoms with Crippen molar-refractivity contribution < 1.29 is 14.3 Å². The van der Waals surface area contributed by atoms with Crippen molar-refractivity contribution in [1.29, 1.82) is 0 Å². The van der Waals surface area contributed by atoms with E-state index in [1.165, 1.54) is 11.3 Å². The Balaban J connectivity index is 1.53. The van der Waals surface area contributed by atoms with E-state index in [-0.39, 0.29) is 23.7 Å². The van der Waals surface area contributed by atoms with Gasteiger partial charge in [-0.2, -0.15) is 0 Å². The molecule has 1 aromatic heterocycles. The van der Waals surface area contributed by atoms with E-state index in [2.05, 4.69) is 4.98 Å². The van der Waals surface area contributed by atoms with Gasteiger partial charge in [0.05, 0.1) is 28.3 Å². The van der Waals surface area contributed by atoms with Gasteiger partial charge in [0.1, 0.15) is 0 Å². The highest BCUT2D eigenvalue weighted by Crippen LogP contribution is 2.40. The summed E-state index contributed by atoms with van der Waals surface area (Å²) in [6.45, 7) is 3.28. The fourth-order valence-corrected chi connectivity index (χ4v) is 4.18. The number of aromatic nitrogens is 1. The standard InChI is InChI=1S/C22H22N2O3S/c1-2-27-22(26)18-10-17(18)13-24(12-15-6-4-3-5-7-15)21(25)16-8-9-19-20(11-16)28-14-23-19/h3-9,11,14,17-18H,2,10,12-13H2,1H3/t17-,18-/m0/s1. The molecular formula is C22H22N2O3S. The minimum atomic E-state index is -0.148. The molecule has 0 spiro atoms. The summed E-state index contributed by atoms with van der Waals surface area (Å²) >= 11 is 1.53. The van der Waals surface area contributed by atoms with E-state index in [1.807, 2.05) is 60.4 Å². The zero-order valence-corrected chi connectivity index (χ0v) is 16.5. The summed E-state index contributed by atoms with van der Waals surface area (Å²) < 4.78 is 6.13. The predicted octanol–water partition coefficient (Wildman–Crippen LogP) is 4.14. The van der Waals surface area contributed by atoms with Crippen molar-refractivity contribution in [3.05, 3.63) is 65.2 Å². The van der Waals surface area contributed by atoms with Gasteiger partial charge in [-0.25, -0.2) is 4.98 Å². The molecule has 2 aromatic carbocycles. The fourth-order valence-electron chi connectivity index (χ4n) is 3.46. The number of benzene rings is 2. The maximum absolute atomic E-state index is 13.3. The first kappa shape index (κ1) is 18.6. The topological polar surface area (TPSA) is 59.5 Å². The van der Waals surface area contributed by atoms with Crippen molar-refractivity contribution in [3.8, 4) is 0 Å². The first-order chi connectivity index (χ1) is 13.7. The Morgan fingerprint density at radius 3 is 2.82 bits per heavy atom. The largest absolute Gasteiger partial charge is 0.466 e. The van der Waals surface area contributed by atoms with Gasteiger partial charge in [-0.15, -0.1) is 11.3 Å². The summed E-state index contributed by atoms with van der Waals surface area (Å²) in [6, 6.07) is 15.6. The molecule has 144 valence electrons. The molecule has 0 radical (unpaired) electrons. The first-order valence-corrected chi connectivity index (χ1v) is 10.4. The molecule has 0 bridgehead atoms. The number of hydrogen-bond donors (Lipinski definition) is 0. The number of rotatable bonds is 7. The molecule has 1 aliphatic rings. The molecule has 28 heavy (non-hydrogen) atoms. The molecule has 1 heterocycles. The molecule has 0 unspecified atom stereocenters. The van der Waals surface area contributed by atoms with Gasteiger partial charge < -0.3 is 9.64 Å². The lowest BCUT2D eigenvalue weighted by Gasteiger charge is -2.23. The van der Waals surface area contributed by atoms with Crippen LogP contribution in [-0.2, 0) is 16.1 Å². The normalized spacial score (nSPS) is 18.0. The van der Waals surface area contributed by atoms with E-state index < -0.39 is 0 Å². The van der Waals surface area contributed by atoms with Crippen LogP contribution in [0.2, 0.25) is 0 Å². The van der Waals surface area contributed by atoms with Crippen LogP contribution in [0.15, 0.2) is 54.0 Å². The second kappa shape index (κ2) is 8.10. The molecule has 1 fully saturated rings. The third kappa shape index (κ3) is 4.07. The first-order valence-electron chi connectivity index (χ1n) is 9.48. The minimum absolute atomic E-state index is 0.0198. The fraction of sp³-hybridized carbons (Fsp3) is 0.318. The minimum Gasteiger partial charge on any atom is -0.466 e. The van der Waals surface area contributed by atoms with E-state index in [9.17, 15) is 9.59 Å². The molecule has 0 N–H and O–H groups in total. The van der Waals surface area contributed by atoms with Gasteiger partial charge in [-0.3, -0.25) is 9.59 Å². The molecule has 0 saturated heterocycles. The summed E-state index contributed by atoms with van der Waals surface area (Å²) in [4.78, 5) is 31.4. The Hall–Kier alpha value is -2.73. The van der Waals surface area contributed by atoms with E-state index in [0.717, 1.165) is 22.2 Å². The number of amides is 1. The van der Waals surface area contributed by atoms with Gasteiger partial charge >= 0.3 is 5.97 Å². The van der Waals surface area contributed by atoms with Gasteiger partial charge in [0.25, 0.3) is 5.91 Å². The molecular weight excluding hydrogens is 372 g/mol. The maximum atomic E-state index is 13.3. The van der Waals surface area contributed by atoms with Crippen LogP contribution < -0.4 is 0 Å². The van der Waals surface area contributed by atoms with Crippen LogP contribution in [0.25, 0.3) is 10.2 Å². The Kier molecular flexibility index (Phi) is 5.39. The molecule has 1 saturated carbocycles. The quantitative estimate of drug-likeness (QED) is 0.565. The van der Waals surface area contributed by atoms with Crippen LogP contribution in [-0.4, -0.2) is 34.9 Å². The van der Waals surface area contributed by atoms with Crippen molar-refractivity contribution in [2.75, 3.05) is 13.2 Å². The summed E-state index contributed by atoms with van der Waals surface area (Å²) in [6.07, 6.45) is 0.783. The molecule has 4 rings (SSSR count). The van der Waals surface area contributed by atoms with Crippen LogP contribution in [0.3, 0.4) is 0 Å². The van der Waals surface area contributed by atoms with E-state index >= 15 is 0 Å². The second-order valence-electron chi connectivity index (χ2n) is 7.06. The van der Waals surface area contributed by atoms with Crippen LogP contribution in [0.4, 0.5) is 0 Å². The summed E-state index contributed by atoms with van der Waals surface area (Å²) in [5, 5.41) is 0. The smallest absolute Gasteiger partial charge is 0.309 e. The van der Waals surface area contributed by atoms with Crippen molar-refractivity contribution >= 4 is 33.4 Å². The molecule has 0 aliphatic heterocycles. The highest BCUT2D eigenvalue weighted by Gasteiger charge is 2.45. The van der Waals surface area contributed by atoms with Crippen molar-refractivity contribution in [2.45, 2.75) is 19.9 Å². The maximum Gasteiger partial charge on any atom is 0.309 e. The van der Waals surface area contributed by atoms with Crippen molar-refractivity contribution in [1.82, 2.24) is 9.88 Å². The third-order valence-electron chi connectivity index (χ3n) is 5.05. The Bertz CT molecular complexity index is 986. The SMILES string of the molecule is CCOC(=O)[C@H]1C[C@H]1CN(Cc1ccccc1)C(=O)c1ccc2ncsc2c1. The van der Waals surface area contributed by atoms with Gasteiger partial charge in [-0.1, -0.05) is 30.3 Å². The number of esters is 1. The zero-order chi connectivity index (χ0) is 19.5. The summed E-state index contributed by atoms with van der Waals surface area (Å²) in [7, 11) is 0. The monoisotopic (exact) mass is 394 g/mol. The predicted molar refractivity (Wildman–Crippen MR) is 109 cm³/mol. The lowest BCUT2D eigenvalue weighted by Crippen LogP contribution is -2.33. The lowest BCUT2D eigenvalue weighted by atomic mass is 10.1. The van der Waals surface area contributed by atoms with Crippen molar-refractivity contribution in [2.24, 2.45) is 11.8 Å². The molecule has 6 heteroatoms. The highest BCUT2D eigenvalue weighted by atomic mass is 32.1. The Morgan fingerprint density at radius 2 is 2.04 bits per heavy atom. The number of nitrogens with zero attached hydrogens (tertiary/aromatic N) is 2. The third-order valence-corrected chi connectivity index (χ3v) is 5.84. The summed E-state index contributed by atoms with van der Waals surface area (Å²) in [5.41, 5.74) is 4.42. The number of carbonyl (C=O) groups excluding carboxylic acids is 2. The molecule has 1 aliphatic carbocycles. The van der Waals surface area contributed by atoms with Gasteiger partial charge in [0, 0.05) is 18.7 Å². The summed E-state index contributed by atoms with van der Waals surface area (Å²) in [5.74, 6) is -0.0896. The molecule has 2 atom stereocenters. The Labute approximate surface area is 168 Å². The van der Waals surface area contributed by atoms with E-state index in [1.54, 1.807) is 5.51 Å². The van der Waals surface area contributed by atoms with Gasteiger partial charge in [0.2, 0.25) is 0 Å². The van der Waals surface area contributed by atoms with Crippen LogP contribution >= 0.6 is 11.3 Å². The van der Waals surface area contributed by atoms with Gasteiger partial charge in [-0.05, 0) is 43.0 Å². The molecule has 5 nitrogen and oxygen atoms in total. The van der Waals surface area contributed by atoms with E-state index in [0.29, 0.717) is 25.3 Å². The Morgan fingerprint density at radius 1 is 1.21 bits per heavy atom. The zero-order valence-electron chi connectivity index (χ0n) is 15.7. The van der Waals surface area contributed by atoms with Crippen LogP contribution in [0, 0.1) is 11.8 Å². The lowest BCUT2D eigenvalue weighted by molar-refractivity contribution is -0.145. The number of fused-ring (bicyclic) bond motifs is 1.